The quantitative estimate of drug-likeness (QED) is 0.351. The lowest BCUT2D eigenvalue weighted by molar-refractivity contribution is -0.156. The number of nitrogens with zero attached hydrogens (tertiary/aromatic N) is 3. The van der Waals surface area contributed by atoms with Crippen LogP contribution in [0.15, 0.2) is 42.0 Å². The van der Waals surface area contributed by atoms with E-state index >= 15 is 0 Å². The van der Waals surface area contributed by atoms with Crippen molar-refractivity contribution < 1.29 is 43.6 Å². The highest BCUT2D eigenvalue weighted by Crippen LogP contribution is 2.41. The maximum absolute atomic E-state index is 12.3. The molecule has 2 N–H and O–H groups in total. The van der Waals surface area contributed by atoms with Crippen molar-refractivity contribution in [2.45, 2.75) is 106 Å². The monoisotopic (exact) mass is 669 g/mol. The van der Waals surface area contributed by atoms with Crippen LogP contribution < -0.4 is 0 Å². The Morgan fingerprint density at radius 3 is 1.94 bits per heavy atom. The second kappa shape index (κ2) is 15.5. The van der Waals surface area contributed by atoms with E-state index < -0.39 is 30.0 Å². The highest BCUT2D eigenvalue weighted by atomic mass is 16.6. The molecule has 0 saturated carbocycles. The van der Waals surface area contributed by atoms with Crippen molar-refractivity contribution >= 4 is 23.9 Å². The van der Waals surface area contributed by atoms with Gasteiger partial charge in [-0.05, 0) is 84.6 Å². The zero-order valence-electron chi connectivity index (χ0n) is 28.7. The minimum atomic E-state index is -0.857. The summed E-state index contributed by atoms with van der Waals surface area (Å²) >= 11 is 0. The van der Waals surface area contributed by atoms with E-state index in [-0.39, 0.29) is 30.0 Å². The average molecular weight is 670 g/mol. The van der Waals surface area contributed by atoms with E-state index in [0.29, 0.717) is 42.6 Å². The van der Waals surface area contributed by atoms with Gasteiger partial charge in [0.25, 0.3) is 0 Å². The molecule has 7 rings (SSSR count). The SMILES string of the molecule is CN1C2CCC1C(C(=O)O)C(O)C2.COC(=O)C1=CCC2CCC1N2C.COC(=O)C1C(OC(=O)c2ccccc2)CC2CCC1N2C. The highest BCUT2D eigenvalue weighted by Gasteiger charge is 2.51. The van der Waals surface area contributed by atoms with Crippen LogP contribution in [0.5, 0.6) is 0 Å². The summed E-state index contributed by atoms with van der Waals surface area (Å²) in [7, 11) is 8.93. The molecule has 6 heterocycles. The maximum Gasteiger partial charge on any atom is 0.338 e. The molecule has 0 spiro atoms. The Labute approximate surface area is 283 Å². The molecule has 0 aromatic heterocycles. The number of benzene rings is 1. The molecule has 48 heavy (non-hydrogen) atoms. The molecule has 12 heteroatoms. The number of hydrogen-bond donors (Lipinski definition) is 2. The van der Waals surface area contributed by atoms with Gasteiger partial charge in [0.15, 0.2) is 0 Å². The van der Waals surface area contributed by atoms with E-state index in [0.717, 1.165) is 44.1 Å². The number of esters is 3. The predicted octanol–water partition coefficient (Wildman–Crippen LogP) is 2.73. The number of likely N-dealkylation sites (N-methyl/N-ethyl adjacent to an activating group) is 1. The van der Waals surface area contributed by atoms with Crippen LogP contribution in [0.4, 0.5) is 0 Å². The van der Waals surface area contributed by atoms with Crippen LogP contribution in [0.25, 0.3) is 0 Å². The topological polar surface area (TPSA) is 146 Å². The lowest BCUT2D eigenvalue weighted by Gasteiger charge is -2.40. The molecule has 10 atom stereocenters. The van der Waals surface area contributed by atoms with Crippen LogP contribution in [0.1, 0.15) is 68.1 Å². The molecule has 264 valence electrons. The first kappa shape index (κ1) is 36.0. The van der Waals surface area contributed by atoms with Crippen LogP contribution >= 0.6 is 0 Å². The number of carbonyl (C=O) groups is 4. The van der Waals surface area contributed by atoms with Crippen LogP contribution in [0.2, 0.25) is 0 Å². The number of carboxylic acids is 1. The minimum absolute atomic E-state index is 0.0475. The molecule has 0 radical (unpaired) electrons. The van der Waals surface area contributed by atoms with Crippen molar-refractivity contribution in [3.05, 3.63) is 47.5 Å². The number of piperidine rings is 2. The summed E-state index contributed by atoms with van der Waals surface area (Å²) in [6, 6.07) is 10.8. The molecule has 1 aromatic rings. The first-order chi connectivity index (χ1) is 23.0. The van der Waals surface area contributed by atoms with Gasteiger partial charge in [-0.2, -0.15) is 0 Å². The Balaban J connectivity index is 0.000000149. The van der Waals surface area contributed by atoms with Crippen molar-refractivity contribution in [1.82, 2.24) is 14.7 Å². The molecule has 0 amide bonds. The molecule has 6 aliphatic rings. The van der Waals surface area contributed by atoms with E-state index in [4.69, 9.17) is 19.3 Å². The maximum atomic E-state index is 12.3. The Morgan fingerprint density at radius 2 is 1.33 bits per heavy atom. The van der Waals surface area contributed by atoms with Gasteiger partial charge in [0.05, 0.1) is 37.4 Å². The summed E-state index contributed by atoms with van der Waals surface area (Å²) in [6.45, 7) is 0. The smallest absolute Gasteiger partial charge is 0.338 e. The number of aliphatic hydroxyl groups is 1. The number of carboxylic acid groups (broad SMARTS) is 1. The lowest BCUT2D eigenvalue weighted by atomic mass is 9.87. The normalized spacial score (nSPS) is 35.2. The van der Waals surface area contributed by atoms with Crippen molar-refractivity contribution in [3.63, 3.8) is 0 Å². The molecular formula is C36H51N3O9. The third-order valence-corrected chi connectivity index (χ3v) is 11.7. The van der Waals surface area contributed by atoms with Gasteiger partial charge in [-0.1, -0.05) is 24.3 Å². The molecule has 6 aliphatic heterocycles. The van der Waals surface area contributed by atoms with Gasteiger partial charge >= 0.3 is 23.9 Å². The summed E-state index contributed by atoms with van der Waals surface area (Å²) in [5, 5.41) is 18.6. The minimum Gasteiger partial charge on any atom is -0.481 e. The van der Waals surface area contributed by atoms with Gasteiger partial charge in [-0.25, -0.2) is 9.59 Å². The van der Waals surface area contributed by atoms with Gasteiger partial charge in [-0.15, -0.1) is 0 Å². The van der Waals surface area contributed by atoms with Crippen LogP contribution in [0.3, 0.4) is 0 Å². The second-order valence-electron chi connectivity index (χ2n) is 14.0. The zero-order valence-corrected chi connectivity index (χ0v) is 28.7. The summed E-state index contributed by atoms with van der Waals surface area (Å²) in [6.07, 6.45) is 9.52. The zero-order chi connectivity index (χ0) is 34.7. The fourth-order valence-corrected chi connectivity index (χ4v) is 8.94. The summed E-state index contributed by atoms with van der Waals surface area (Å²) in [4.78, 5) is 53.4. The number of carbonyl (C=O) groups excluding carboxylic acids is 3. The van der Waals surface area contributed by atoms with Gasteiger partial charge in [-0.3, -0.25) is 24.3 Å². The van der Waals surface area contributed by atoms with Gasteiger partial charge in [0.2, 0.25) is 0 Å². The largest absolute Gasteiger partial charge is 0.481 e. The third kappa shape index (κ3) is 7.31. The predicted molar refractivity (Wildman–Crippen MR) is 176 cm³/mol. The third-order valence-electron chi connectivity index (χ3n) is 11.7. The summed E-state index contributed by atoms with van der Waals surface area (Å²) in [5.41, 5.74) is 1.37. The van der Waals surface area contributed by atoms with Crippen molar-refractivity contribution in [2.75, 3.05) is 35.4 Å². The standard InChI is InChI=1S/C17H21NO4.C10H15NO2.C9H15NO3/c1-18-12-8-9-13(18)15(17(20)21-2)14(10-12)22-16(19)11-6-4-3-5-7-11;1-11-7-3-5-8(10(12)13-2)9(11)6-4-7;1-10-5-2-3-6(10)8(9(12)13)7(11)4-5/h3-7,12-15H,8-10H2,1-2H3;5,7,9H,3-4,6H2,1-2H3;5-8,11H,2-4H2,1H3,(H,12,13). The molecule has 5 fully saturated rings. The van der Waals surface area contributed by atoms with Crippen LogP contribution in [-0.2, 0) is 28.6 Å². The van der Waals surface area contributed by atoms with Gasteiger partial charge < -0.3 is 24.4 Å². The number of methoxy groups -OCH3 is 2. The molecule has 10 unspecified atom stereocenters. The van der Waals surface area contributed by atoms with Crippen molar-refractivity contribution in [3.8, 4) is 0 Å². The fourth-order valence-electron chi connectivity index (χ4n) is 8.94. The number of hydrogen-bond acceptors (Lipinski definition) is 11. The highest BCUT2D eigenvalue weighted by molar-refractivity contribution is 5.90. The van der Waals surface area contributed by atoms with E-state index in [1.807, 2.05) is 26.2 Å². The Hall–Kier alpha value is -3.32. The van der Waals surface area contributed by atoms with Crippen LogP contribution in [-0.4, -0.2) is 133 Å². The van der Waals surface area contributed by atoms with E-state index in [1.54, 1.807) is 24.3 Å². The number of aliphatic hydroxyl groups excluding tert-OH is 1. The molecule has 5 saturated heterocycles. The number of ether oxygens (including phenoxy) is 3. The summed E-state index contributed by atoms with van der Waals surface area (Å²) in [5.74, 6) is -2.65. The lowest BCUT2D eigenvalue weighted by Crippen LogP contribution is -2.53. The summed E-state index contributed by atoms with van der Waals surface area (Å²) < 4.78 is 15.4. The van der Waals surface area contributed by atoms with Gasteiger partial charge in [0, 0.05) is 42.7 Å². The molecule has 6 bridgehead atoms. The number of rotatable bonds is 5. The van der Waals surface area contributed by atoms with Gasteiger partial charge in [0.1, 0.15) is 12.0 Å². The first-order valence-corrected chi connectivity index (χ1v) is 17.2. The van der Waals surface area contributed by atoms with E-state index in [1.165, 1.54) is 20.6 Å². The van der Waals surface area contributed by atoms with E-state index in [9.17, 15) is 24.3 Å². The Kier molecular flexibility index (Phi) is 11.6. The molecule has 0 aliphatic carbocycles. The Morgan fingerprint density at radius 1 is 0.729 bits per heavy atom. The first-order valence-electron chi connectivity index (χ1n) is 17.2. The number of aliphatic carboxylic acids is 1. The second-order valence-corrected chi connectivity index (χ2v) is 14.0. The number of fused-ring (bicyclic) bond motifs is 6. The van der Waals surface area contributed by atoms with Crippen molar-refractivity contribution in [2.24, 2.45) is 11.8 Å². The fraction of sp³-hybridized carbons (Fsp3) is 0.667. The Bertz CT molecular complexity index is 1360. The van der Waals surface area contributed by atoms with E-state index in [2.05, 4.69) is 21.7 Å². The molecule has 12 nitrogen and oxygen atoms in total. The van der Waals surface area contributed by atoms with Crippen LogP contribution in [0, 0.1) is 11.8 Å². The van der Waals surface area contributed by atoms with Crippen molar-refractivity contribution in [1.29, 1.82) is 0 Å². The molecular weight excluding hydrogens is 618 g/mol. The molecule has 1 aromatic carbocycles. The average Bonchev–Trinajstić information content (AvgIpc) is 3.54.